The third kappa shape index (κ3) is 2.67. The molecule has 0 aliphatic heterocycles. The zero-order valence-electron chi connectivity index (χ0n) is 8.40. The highest BCUT2D eigenvalue weighted by Crippen LogP contribution is 2.22. The topological polar surface area (TPSA) is 95.7 Å². The van der Waals surface area contributed by atoms with Gasteiger partial charge in [0.25, 0.3) is 0 Å². The fourth-order valence-corrected chi connectivity index (χ4v) is 1.07. The second kappa shape index (κ2) is 4.58. The van der Waals surface area contributed by atoms with E-state index in [-0.39, 0.29) is 16.7 Å². The van der Waals surface area contributed by atoms with Gasteiger partial charge in [0.15, 0.2) is 0 Å². The lowest BCUT2D eigenvalue weighted by Gasteiger charge is -2.14. The molecule has 1 aromatic rings. The summed E-state index contributed by atoms with van der Waals surface area (Å²) in [5.41, 5.74) is 4.58. The van der Waals surface area contributed by atoms with Crippen LogP contribution in [-0.4, -0.2) is 17.1 Å². The summed E-state index contributed by atoms with van der Waals surface area (Å²) >= 11 is 0. The quantitative estimate of drug-likeness (QED) is 0.520. The van der Waals surface area contributed by atoms with Crippen molar-refractivity contribution in [3.8, 4) is 0 Å². The Morgan fingerprint density at radius 2 is 2.12 bits per heavy atom. The van der Waals surface area contributed by atoms with Crippen LogP contribution < -0.4 is 16.1 Å². The predicted octanol–water partition coefficient (Wildman–Crippen LogP) is 1.06. The smallest absolute Gasteiger partial charge is 0.343 e. The van der Waals surface area contributed by atoms with E-state index in [9.17, 15) is 14.0 Å². The molecule has 0 bridgehead atoms. The van der Waals surface area contributed by atoms with Gasteiger partial charge in [0, 0.05) is 12.6 Å². The van der Waals surface area contributed by atoms with Crippen LogP contribution in [0.1, 0.15) is 6.92 Å². The van der Waals surface area contributed by atoms with Crippen molar-refractivity contribution in [1.82, 2.24) is 0 Å². The zero-order chi connectivity index (χ0) is 12.3. The van der Waals surface area contributed by atoms with Crippen LogP contribution in [-0.2, 0) is 4.79 Å². The minimum atomic E-state index is -1.22. The fourth-order valence-electron chi connectivity index (χ4n) is 1.07. The van der Waals surface area contributed by atoms with Gasteiger partial charge in [-0.05, 0) is 18.2 Å². The number of carbonyl (C=O) groups is 2. The molecule has 16 heavy (non-hydrogen) atoms. The number of nitrogens with one attached hydrogen (secondary N) is 1. The first kappa shape index (κ1) is 11.9. The van der Waals surface area contributed by atoms with Gasteiger partial charge in [-0.3, -0.25) is 10.0 Å². The Kier molecular flexibility index (Phi) is 3.41. The number of nitrogens with zero attached hydrogens (tertiary/aromatic N) is 1. The lowest BCUT2D eigenvalue weighted by Crippen LogP contribution is -2.33. The summed E-state index contributed by atoms with van der Waals surface area (Å²) in [4.78, 5) is 21.4. The number of nitrogens with two attached hydrogens (primary N) is 1. The van der Waals surface area contributed by atoms with Crippen molar-refractivity contribution in [3.63, 3.8) is 0 Å². The summed E-state index contributed by atoms with van der Waals surface area (Å²) in [5, 5.41) is 11.5. The number of urea groups is 1. The molecule has 4 N–H and O–H groups in total. The Labute approximate surface area is 90.4 Å². The van der Waals surface area contributed by atoms with Crippen molar-refractivity contribution in [2.24, 2.45) is 5.73 Å². The van der Waals surface area contributed by atoms with E-state index in [0.717, 1.165) is 12.1 Å². The second-order valence-corrected chi connectivity index (χ2v) is 3.00. The van der Waals surface area contributed by atoms with Crippen LogP contribution in [0.4, 0.5) is 20.6 Å². The number of benzene rings is 1. The van der Waals surface area contributed by atoms with Crippen LogP contribution in [0.3, 0.4) is 0 Å². The van der Waals surface area contributed by atoms with Gasteiger partial charge in [0.05, 0.1) is 0 Å². The summed E-state index contributed by atoms with van der Waals surface area (Å²) in [6.07, 6.45) is 0. The van der Waals surface area contributed by atoms with Crippen LogP contribution >= 0.6 is 0 Å². The molecule has 0 aliphatic rings. The Hall–Kier alpha value is -2.15. The molecule has 0 fully saturated rings. The second-order valence-electron chi connectivity index (χ2n) is 3.00. The fraction of sp³-hybridized carbons (Fsp3) is 0.111. The molecule has 0 aliphatic carbocycles. The molecule has 0 heterocycles. The molecule has 6 nitrogen and oxygen atoms in total. The molecule has 7 heteroatoms. The number of amides is 3. The normalized spacial score (nSPS) is 9.69. The number of rotatable bonds is 2. The molecule has 0 spiro atoms. The summed E-state index contributed by atoms with van der Waals surface area (Å²) in [6, 6.07) is 2.14. The van der Waals surface area contributed by atoms with E-state index in [2.05, 4.69) is 5.32 Å². The maximum Gasteiger partial charge on any atom is 0.343 e. The van der Waals surface area contributed by atoms with Gasteiger partial charge in [-0.1, -0.05) is 0 Å². The Balaban J connectivity index is 3.08. The highest BCUT2D eigenvalue weighted by molar-refractivity contribution is 5.92. The molecule has 1 aromatic carbocycles. The number of primary amides is 1. The van der Waals surface area contributed by atoms with Crippen LogP contribution in [0, 0.1) is 5.82 Å². The number of carbonyl (C=O) groups excluding carboxylic acids is 2. The summed E-state index contributed by atoms with van der Waals surface area (Å²) < 4.78 is 13.2. The van der Waals surface area contributed by atoms with Crippen LogP contribution in [0.15, 0.2) is 18.2 Å². The van der Waals surface area contributed by atoms with Gasteiger partial charge in [-0.2, -0.15) is 5.06 Å². The van der Waals surface area contributed by atoms with Gasteiger partial charge < -0.3 is 11.1 Å². The highest BCUT2D eigenvalue weighted by atomic mass is 19.1. The first-order valence-electron chi connectivity index (χ1n) is 4.27. The highest BCUT2D eigenvalue weighted by Gasteiger charge is 2.14. The first-order chi connectivity index (χ1) is 7.41. The number of hydrogen-bond donors (Lipinski definition) is 3. The molecule has 86 valence electrons. The van der Waals surface area contributed by atoms with Crippen molar-refractivity contribution in [2.45, 2.75) is 6.92 Å². The van der Waals surface area contributed by atoms with Crippen molar-refractivity contribution in [3.05, 3.63) is 24.0 Å². The van der Waals surface area contributed by atoms with E-state index >= 15 is 0 Å². The Morgan fingerprint density at radius 1 is 1.50 bits per heavy atom. The van der Waals surface area contributed by atoms with Crippen molar-refractivity contribution in [2.75, 3.05) is 10.4 Å². The van der Waals surface area contributed by atoms with E-state index in [1.165, 1.54) is 13.0 Å². The number of halogens is 1. The molecule has 0 saturated carbocycles. The maximum absolute atomic E-state index is 13.2. The van der Waals surface area contributed by atoms with Crippen LogP contribution in [0.2, 0.25) is 0 Å². The average molecular weight is 227 g/mol. The van der Waals surface area contributed by atoms with E-state index in [0.29, 0.717) is 0 Å². The molecule has 0 atom stereocenters. The molecule has 0 saturated heterocycles. The van der Waals surface area contributed by atoms with Gasteiger partial charge in [0.1, 0.15) is 11.5 Å². The van der Waals surface area contributed by atoms with E-state index in [4.69, 9.17) is 10.9 Å². The van der Waals surface area contributed by atoms with Gasteiger partial charge in [0.2, 0.25) is 5.91 Å². The largest absolute Gasteiger partial charge is 0.349 e. The first-order valence-corrected chi connectivity index (χ1v) is 4.27. The van der Waals surface area contributed by atoms with E-state index in [1.54, 1.807) is 0 Å². The summed E-state index contributed by atoms with van der Waals surface area (Å²) in [6.45, 7) is 1.27. The number of anilines is 2. The summed E-state index contributed by atoms with van der Waals surface area (Å²) in [7, 11) is 0. The molecule has 0 aromatic heterocycles. The molecule has 0 radical (unpaired) electrons. The van der Waals surface area contributed by atoms with Gasteiger partial charge in [-0.25, -0.2) is 9.18 Å². The number of hydroxylamine groups is 1. The van der Waals surface area contributed by atoms with E-state index in [1.807, 2.05) is 0 Å². The van der Waals surface area contributed by atoms with Gasteiger partial charge in [-0.15, -0.1) is 0 Å². The maximum atomic E-state index is 13.2. The molecular weight excluding hydrogens is 217 g/mol. The minimum absolute atomic E-state index is 0.0410. The lowest BCUT2D eigenvalue weighted by molar-refractivity contribution is -0.114. The minimum Gasteiger partial charge on any atom is -0.349 e. The number of hydrogen-bond acceptors (Lipinski definition) is 3. The standard InChI is InChI=1S/C9H10FN3O3/c1-5(14)12-6-2-3-7(10)8(4-6)13(16)9(11)15/h2-4,16H,1H3,(H2,11,15)(H,12,14). The molecular formula is C9H10FN3O3. The summed E-state index contributed by atoms with van der Waals surface area (Å²) in [5.74, 6) is -1.20. The van der Waals surface area contributed by atoms with Crippen molar-refractivity contribution < 1.29 is 19.2 Å². The third-order valence-corrected chi connectivity index (χ3v) is 1.70. The lowest BCUT2D eigenvalue weighted by atomic mass is 10.2. The van der Waals surface area contributed by atoms with E-state index < -0.39 is 17.5 Å². The average Bonchev–Trinajstić information content (AvgIpc) is 2.19. The third-order valence-electron chi connectivity index (χ3n) is 1.70. The van der Waals surface area contributed by atoms with Crippen LogP contribution in [0.5, 0.6) is 0 Å². The molecule has 1 rings (SSSR count). The molecule has 0 unspecified atom stereocenters. The van der Waals surface area contributed by atoms with Crippen molar-refractivity contribution in [1.29, 1.82) is 0 Å². The van der Waals surface area contributed by atoms with Gasteiger partial charge >= 0.3 is 6.03 Å². The predicted molar refractivity (Wildman–Crippen MR) is 54.6 cm³/mol. The van der Waals surface area contributed by atoms with Crippen molar-refractivity contribution >= 4 is 23.3 Å². The molecule has 3 amide bonds. The van der Waals surface area contributed by atoms with Crippen LogP contribution in [0.25, 0.3) is 0 Å². The Bertz CT molecular complexity index is 436. The SMILES string of the molecule is CC(=O)Nc1ccc(F)c(N(O)C(N)=O)c1. The zero-order valence-corrected chi connectivity index (χ0v) is 8.40. The monoisotopic (exact) mass is 227 g/mol. The Morgan fingerprint density at radius 3 is 2.62 bits per heavy atom.